The highest BCUT2D eigenvalue weighted by atomic mass is 14.4. The maximum absolute atomic E-state index is 2.47. The molecule has 0 heterocycles. The lowest BCUT2D eigenvalue weighted by molar-refractivity contribution is 0.155. The van der Waals surface area contributed by atoms with Gasteiger partial charge in [-0.25, -0.2) is 0 Å². The molecule has 0 nitrogen and oxygen atoms in total. The minimum absolute atomic E-state index is 0.614. The van der Waals surface area contributed by atoms with Crippen LogP contribution in [0.4, 0.5) is 0 Å². The van der Waals surface area contributed by atoms with Gasteiger partial charge in [-0.2, -0.15) is 0 Å². The fraction of sp³-hybridized carbons (Fsp3) is 0.826. The summed E-state index contributed by atoms with van der Waals surface area (Å²) in [7, 11) is 0. The summed E-state index contributed by atoms with van der Waals surface area (Å²) in [6, 6.07) is 0. The Hall–Kier alpha value is -0.520. The molecule has 1 atom stereocenters. The van der Waals surface area contributed by atoms with Crippen molar-refractivity contribution in [3.8, 4) is 0 Å². The van der Waals surface area contributed by atoms with E-state index in [0.717, 1.165) is 11.8 Å². The van der Waals surface area contributed by atoms with E-state index in [-0.39, 0.29) is 0 Å². The number of rotatable bonds is 8. The van der Waals surface area contributed by atoms with Crippen molar-refractivity contribution in [3.05, 3.63) is 23.3 Å². The molecule has 0 saturated heterocycles. The maximum atomic E-state index is 2.47. The van der Waals surface area contributed by atoms with Gasteiger partial charge in [-0.15, -0.1) is 0 Å². The van der Waals surface area contributed by atoms with Crippen LogP contribution in [0.25, 0.3) is 0 Å². The summed E-state index contributed by atoms with van der Waals surface area (Å²) in [6.07, 6.45) is 21.9. The molecule has 0 bridgehead atoms. The molecule has 0 amide bonds. The highest BCUT2D eigenvalue weighted by Gasteiger charge is 2.38. The highest BCUT2D eigenvalue weighted by Crippen LogP contribution is 2.51. The van der Waals surface area contributed by atoms with E-state index >= 15 is 0 Å². The first kappa shape index (κ1) is 18.8. The van der Waals surface area contributed by atoms with E-state index in [4.69, 9.17) is 0 Å². The van der Waals surface area contributed by atoms with Crippen molar-refractivity contribution in [1.29, 1.82) is 0 Å². The van der Waals surface area contributed by atoms with Gasteiger partial charge in [0, 0.05) is 0 Å². The van der Waals surface area contributed by atoms with Crippen LogP contribution in [0.2, 0.25) is 0 Å². The summed E-state index contributed by atoms with van der Waals surface area (Å²) >= 11 is 0. The average Bonchev–Trinajstić information content (AvgIpc) is 3.03. The van der Waals surface area contributed by atoms with Gasteiger partial charge < -0.3 is 0 Å². The molecule has 1 fully saturated rings. The molecule has 0 aromatic carbocycles. The zero-order valence-electron chi connectivity index (χ0n) is 16.3. The van der Waals surface area contributed by atoms with Crippen molar-refractivity contribution < 1.29 is 0 Å². The standard InChI is InChI=1S/C23H40/c1-5-11-22-20(8-4)17-23(14-6-2,15-7-3)18-21(22)16-19-12-9-10-13-19/h5,11,19,21H,6-10,12-18H2,1-4H3/b11-5-. The molecule has 1 unspecified atom stereocenters. The van der Waals surface area contributed by atoms with Crippen LogP contribution >= 0.6 is 0 Å². The van der Waals surface area contributed by atoms with Crippen molar-refractivity contribution in [2.24, 2.45) is 17.3 Å². The third-order valence-corrected chi connectivity index (χ3v) is 6.54. The molecule has 0 aromatic rings. The summed E-state index contributed by atoms with van der Waals surface area (Å²) in [5.74, 6) is 1.86. The average molecular weight is 317 g/mol. The van der Waals surface area contributed by atoms with Gasteiger partial charge in [0.25, 0.3) is 0 Å². The first-order chi connectivity index (χ1) is 11.2. The summed E-state index contributed by atoms with van der Waals surface area (Å²) < 4.78 is 0. The van der Waals surface area contributed by atoms with E-state index in [0.29, 0.717) is 5.41 Å². The van der Waals surface area contributed by atoms with E-state index in [1.807, 2.05) is 0 Å². The molecule has 0 radical (unpaired) electrons. The van der Waals surface area contributed by atoms with E-state index < -0.39 is 0 Å². The second kappa shape index (κ2) is 9.09. The molecule has 0 N–H and O–H groups in total. The van der Waals surface area contributed by atoms with Gasteiger partial charge in [-0.05, 0) is 68.3 Å². The van der Waals surface area contributed by atoms with Crippen LogP contribution in [-0.2, 0) is 0 Å². The quantitative estimate of drug-likeness (QED) is 0.427. The van der Waals surface area contributed by atoms with Gasteiger partial charge in [0.15, 0.2) is 0 Å². The molecule has 0 aliphatic heterocycles. The Morgan fingerprint density at radius 2 is 1.70 bits per heavy atom. The Morgan fingerprint density at radius 1 is 1.04 bits per heavy atom. The molecule has 0 aromatic heterocycles. The summed E-state index contributed by atoms with van der Waals surface area (Å²) in [5, 5.41) is 0. The van der Waals surface area contributed by atoms with Crippen LogP contribution < -0.4 is 0 Å². The van der Waals surface area contributed by atoms with Crippen molar-refractivity contribution in [1.82, 2.24) is 0 Å². The Bertz CT molecular complexity index is 400. The molecule has 0 spiro atoms. The predicted octanol–water partition coefficient (Wildman–Crippen LogP) is 7.85. The van der Waals surface area contributed by atoms with Crippen molar-refractivity contribution in [2.75, 3.05) is 0 Å². The first-order valence-electron chi connectivity index (χ1n) is 10.5. The second-order valence-corrected chi connectivity index (χ2v) is 8.38. The summed E-state index contributed by atoms with van der Waals surface area (Å²) in [4.78, 5) is 0. The number of allylic oxidation sites excluding steroid dienone is 4. The molecule has 1 saturated carbocycles. The summed E-state index contributed by atoms with van der Waals surface area (Å²) in [5.41, 5.74) is 4.15. The maximum Gasteiger partial charge on any atom is -0.0154 e. The SMILES string of the molecule is C/C=C\C1=C(CC)CC(CCC)(CCC)CC1CC1CCCC1. The number of hydrogen-bond donors (Lipinski definition) is 0. The van der Waals surface area contributed by atoms with Crippen molar-refractivity contribution >= 4 is 0 Å². The van der Waals surface area contributed by atoms with Crippen LogP contribution in [0.1, 0.15) is 105 Å². The van der Waals surface area contributed by atoms with Crippen LogP contribution in [-0.4, -0.2) is 0 Å². The van der Waals surface area contributed by atoms with Crippen molar-refractivity contribution in [3.63, 3.8) is 0 Å². The fourth-order valence-corrected chi connectivity index (χ4v) is 5.74. The molecule has 23 heavy (non-hydrogen) atoms. The topological polar surface area (TPSA) is 0 Å². The molecule has 2 aliphatic rings. The molecule has 132 valence electrons. The van der Waals surface area contributed by atoms with Gasteiger partial charge >= 0.3 is 0 Å². The Kier molecular flexibility index (Phi) is 7.44. The lowest BCUT2D eigenvalue weighted by Gasteiger charge is -2.44. The van der Waals surface area contributed by atoms with Crippen LogP contribution in [0.5, 0.6) is 0 Å². The van der Waals surface area contributed by atoms with Crippen LogP contribution in [0.15, 0.2) is 23.3 Å². The van der Waals surface area contributed by atoms with E-state index in [1.165, 1.54) is 77.0 Å². The van der Waals surface area contributed by atoms with Gasteiger partial charge in [0.05, 0.1) is 0 Å². The lowest BCUT2D eigenvalue weighted by Crippen LogP contribution is -2.31. The van der Waals surface area contributed by atoms with Crippen LogP contribution in [0.3, 0.4) is 0 Å². The van der Waals surface area contributed by atoms with E-state index in [1.54, 1.807) is 11.1 Å². The van der Waals surface area contributed by atoms with Gasteiger partial charge in [-0.1, -0.05) is 77.0 Å². The van der Waals surface area contributed by atoms with Crippen molar-refractivity contribution in [2.45, 2.75) is 105 Å². The Labute approximate surface area is 145 Å². The number of hydrogen-bond acceptors (Lipinski definition) is 0. The largest absolute Gasteiger partial charge is 0.0874 e. The Morgan fingerprint density at radius 3 is 2.22 bits per heavy atom. The van der Waals surface area contributed by atoms with Gasteiger partial charge in [0.1, 0.15) is 0 Å². The smallest absolute Gasteiger partial charge is 0.0154 e. The third kappa shape index (κ3) is 4.74. The highest BCUT2D eigenvalue weighted by molar-refractivity contribution is 5.32. The molecular formula is C23H40. The molecular weight excluding hydrogens is 276 g/mol. The summed E-state index contributed by atoms with van der Waals surface area (Å²) in [6.45, 7) is 9.37. The minimum atomic E-state index is 0.614. The zero-order valence-corrected chi connectivity index (χ0v) is 16.3. The minimum Gasteiger partial charge on any atom is -0.0874 e. The second-order valence-electron chi connectivity index (χ2n) is 8.38. The molecule has 2 aliphatic carbocycles. The normalized spacial score (nSPS) is 25.7. The molecule has 2 rings (SSSR count). The van der Waals surface area contributed by atoms with Gasteiger partial charge in [-0.3, -0.25) is 0 Å². The van der Waals surface area contributed by atoms with Crippen LogP contribution in [0, 0.1) is 17.3 Å². The Balaban J connectivity index is 2.28. The first-order valence-corrected chi connectivity index (χ1v) is 10.5. The lowest BCUT2D eigenvalue weighted by atomic mass is 9.61. The van der Waals surface area contributed by atoms with E-state index in [2.05, 4.69) is 39.8 Å². The monoisotopic (exact) mass is 316 g/mol. The molecule has 0 heteroatoms. The third-order valence-electron chi connectivity index (χ3n) is 6.54. The fourth-order valence-electron chi connectivity index (χ4n) is 5.74. The zero-order chi connectivity index (χ0) is 16.7. The van der Waals surface area contributed by atoms with E-state index in [9.17, 15) is 0 Å². The van der Waals surface area contributed by atoms with Gasteiger partial charge in [0.2, 0.25) is 0 Å². The predicted molar refractivity (Wildman–Crippen MR) is 104 cm³/mol.